The number of nitrogens with zero attached hydrogens (tertiary/aromatic N) is 4. The molecule has 0 unspecified atom stereocenters. The molecule has 140 valence electrons. The second-order valence-corrected chi connectivity index (χ2v) is 9.47. The molecule has 3 heterocycles. The smallest absolute Gasteiger partial charge is 0.243 e. The van der Waals surface area contributed by atoms with Gasteiger partial charge in [-0.1, -0.05) is 18.2 Å². The highest BCUT2D eigenvalue weighted by Crippen LogP contribution is 2.55. The SMILES string of the molecule is CN(c1ncnc2[nH]ccc12)[C@@H]1CN(S(=O)(=O)c2ccccc2)CC12CC2. The first-order valence-corrected chi connectivity index (χ1v) is 10.5. The molecular weight excluding hydrogens is 362 g/mol. The number of hydrogen-bond acceptors (Lipinski definition) is 5. The first-order valence-electron chi connectivity index (χ1n) is 9.07. The maximum atomic E-state index is 13.1. The third-order valence-corrected chi connectivity index (χ3v) is 7.81. The highest BCUT2D eigenvalue weighted by atomic mass is 32.2. The molecule has 0 amide bonds. The van der Waals surface area contributed by atoms with Gasteiger partial charge in [-0.15, -0.1) is 0 Å². The van der Waals surface area contributed by atoms with Crippen molar-refractivity contribution >= 4 is 26.9 Å². The number of H-pyrrole nitrogens is 1. The zero-order valence-corrected chi connectivity index (χ0v) is 15.9. The Morgan fingerprint density at radius 2 is 1.96 bits per heavy atom. The summed E-state index contributed by atoms with van der Waals surface area (Å²) in [6.45, 7) is 1.05. The van der Waals surface area contributed by atoms with Crippen LogP contribution in [0.3, 0.4) is 0 Å². The number of aromatic nitrogens is 3. The van der Waals surface area contributed by atoms with Gasteiger partial charge in [0.1, 0.15) is 17.8 Å². The predicted octanol–water partition coefficient (Wildman–Crippen LogP) is 2.25. The molecule has 5 rings (SSSR count). The highest BCUT2D eigenvalue weighted by Gasteiger charge is 2.59. The lowest BCUT2D eigenvalue weighted by atomic mass is 9.99. The third-order valence-electron chi connectivity index (χ3n) is 5.98. The van der Waals surface area contributed by atoms with Crippen molar-refractivity contribution < 1.29 is 8.42 Å². The summed E-state index contributed by atoms with van der Waals surface area (Å²) in [5.41, 5.74) is 0.813. The van der Waals surface area contributed by atoms with E-state index in [1.165, 1.54) is 0 Å². The molecular formula is C19H21N5O2S. The fraction of sp³-hybridized carbons (Fsp3) is 0.368. The van der Waals surface area contributed by atoms with E-state index in [1.807, 2.05) is 25.4 Å². The molecule has 1 aliphatic carbocycles. The molecule has 2 aromatic heterocycles. The van der Waals surface area contributed by atoms with Crippen LogP contribution in [0.1, 0.15) is 12.8 Å². The molecule has 1 atom stereocenters. The molecule has 8 heteroatoms. The molecule has 2 aliphatic rings. The molecule has 1 saturated heterocycles. The summed E-state index contributed by atoms with van der Waals surface area (Å²) in [4.78, 5) is 14.4. The number of benzene rings is 1. The van der Waals surface area contributed by atoms with E-state index in [0.717, 1.165) is 29.7 Å². The second-order valence-electron chi connectivity index (χ2n) is 7.54. The summed E-state index contributed by atoms with van der Waals surface area (Å²) in [5, 5.41) is 0.958. The normalized spacial score (nSPS) is 21.7. The first-order chi connectivity index (χ1) is 13.0. The van der Waals surface area contributed by atoms with Crippen LogP contribution in [0.5, 0.6) is 0 Å². The van der Waals surface area contributed by atoms with Gasteiger partial charge in [-0.3, -0.25) is 0 Å². The standard InChI is InChI=1S/C19H21N5O2S/c1-23(18-15-7-10-20-17(15)21-13-22-18)16-11-24(12-19(16)8-9-19)27(25,26)14-5-3-2-4-6-14/h2-7,10,13,16H,8-9,11-12H2,1H3,(H,20,21,22)/t16-/m1/s1. The van der Waals surface area contributed by atoms with Crippen molar-refractivity contribution in [3.05, 3.63) is 48.9 Å². The minimum atomic E-state index is -3.48. The zero-order valence-electron chi connectivity index (χ0n) is 15.0. The van der Waals surface area contributed by atoms with Crippen molar-refractivity contribution in [2.45, 2.75) is 23.8 Å². The molecule has 3 aromatic rings. The third kappa shape index (κ3) is 2.55. The Morgan fingerprint density at radius 1 is 1.19 bits per heavy atom. The Morgan fingerprint density at radius 3 is 2.70 bits per heavy atom. The maximum Gasteiger partial charge on any atom is 0.243 e. The van der Waals surface area contributed by atoms with Crippen LogP contribution in [-0.2, 0) is 10.0 Å². The highest BCUT2D eigenvalue weighted by molar-refractivity contribution is 7.89. The maximum absolute atomic E-state index is 13.1. The van der Waals surface area contributed by atoms with Crippen molar-refractivity contribution in [2.24, 2.45) is 5.41 Å². The van der Waals surface area contributed by atoms with Crippen LogP contribution < -0.4 is 4.90 Å². The van der Waals surface area contributed by atoms with E-state index in [9.17, 15) is 8.42 Å². The first kappa shape index (κ1) is 16.7. The van der Waals surface area contributed by atoms with Crippen LogP contribution in [0, 0.1) is 5.41 Å². The number of fused-ring (bicyclic) bond motifs is 1. The number of rotatable bonds is 4. The molecule has 1 N–H and O–H groups in total. The lowest BCUT2D eigenvalue weighted by Gasteiger charge is -2.30. The Hall–Kier alpha value is -2.45. The van der Waals surface area contributed by atoms with Crippen molar-refractivity contribution in [2.75, 3.05) is 25.0 Å². The molecule has 1 aromatic carbocycles. The van der Waals surface area contributed by atoms with Gasteiger partial charge in [0.15, 0.2) is 0 Å². The van der Waals surface area contributed by atoms with Crippen molar-refractivity contribution in [1.82, 2.24) is 19.3 Å². The number of anilines is 1. The average molecular weight is 383 g/mol. The van der Waals surface area contributed by atoms with Gasteiger partial charge < -0.3 is 9.88 Å². The minimum absolute atomic E-state index is 0.0180. The number of sulfonamides is 1. The number of hydrogen-bond donors (Lipinski definition) is 1. The van der Waals surface area contributed by atoms with E-state index in [1.54, 1.807) is 34.9 Å². The lowest BCUT2D eigenvalue weighted by molar-refractivity contribution is 0.446. The van der Waals surface area contributed by atoms with E-state index in [0.29, 0.717) is 18.0 Å². The fourth-order valence-corrected chi connectivity index (χ4v) is 5.87. The van der Waals surface area contributed by atoms with Crippen LogP contribution in [0.15, 0.2) is 53.8 Å². The summed E-state index contributed by atoms with van der Waals surface area (Å²) < 4.78 is 27.8. The number of likely N-dealkylation sites (N-methyl/N-ethyl adjacent to an activating group) is 1. The van der Waals surface area contributed by atoms with Gasteiger partial charge in [0.2, 0.25) is 10.0 Å². The summed E-state index contributed by atoms with van der Waals surface area (Å²) in [6.07, 6.45) is 5.50. The number of aromatic amines is 1. The summed E-state index contributed by atoms with van der Waals surface area (Å²) in [6, 6.07) is 10.8. The lowest BCUT2D eigenvalue weighted by Crippen LogP contribution is -2.40. The van der Waals surface area contributed by atoms with Gasteiger partial charge in [0.05, 0.1) is 16.3 Å². The quantitative estimate of drug-likeness (QED) is 0.747. The van der Waals surface area contributed by atoms with Gasteiger partial charge in [0, 0.05) is 31.7 Å². The molecule has 0 bridgehead atoms. The molecule has 0 radical (unpaired) electrons. The average Bonchev–Trinajstić information content (AvgIpc) is 3.12. The van der Waals surface area contributed by atoms with Crippen LogP contribution in [-0.4, -0.2) is 53.9 Å². The van der Waals surface area contributed by atoms with Gasteiger partial charge in [-0.25, -0.2) is 18.4 Å². The van der Waals surface area contributed by atoms with Crippen LogP contribution in [0.4, 0.5) is 5.82 Å². The van der Waals surface area contributed by atoms with E-state index in [4.69, 9.17) is 0 Å². The topological polar surface area (TPSA) is 82.2 Å². The zero-order chi connectivity index (χ0) is 18.6. The fourth-order valence-electron chi connectivity index (χ4n) is 4.30. The van der Waals surface area contributed by atoms with Crippen LogP contribution >= 0.6 is 0 Å². The monoisotopic (exact) mass is 383 g/mol. The van der Waals surface area contributed by atoms with Crippen LogP contribution in [0.25, 0.3) is 11.0 Å². The van der Waals surface area contributed by atoms with Crippen LogP contribution in [0.2, 0.25) is 0 Å². The van der Waals surface area contributed by atoms with E-state index in [-0.39, 0.29) is 11.5 Å². The Balaban J connectivity index is 1.49. The van der Waals surface area contributed by atoms with Gasteiger partial charge in [-0.05, 0) is 31.0 Å². The van der Waals surface area contributed by atoms with Crippen molar-refractivity contribution in [3.63, 3.8) is 0 Å². The molecule has 1 aliphatic heterocycles. The van der Waals surface area contributed by atoms with Gasteiger partial charge >= 0.3 is 0 Å². The summed E-state index contributed by atoms with van der Waals surface area (Å²) in [7, 11) is -1.47. The van der Waals surface area contributed by atoms with E-state index < -0.39 is 10.0 Å². The van der Waals surface area contributed by atoms with E-state index in [2.05, 4.69) is 19.9 Å². The Bertz CT molecular complexity index is 1090. The number of nitrogens with one attached hydrogen (secondary N) is 1. The second kappa shape index (κ2) is 5.77. The van der Waals surface area contributed by atoms with Crippen molar-refractivity contribution in [3.8, 4) is 0 Å². The van der Waals surface area contributed by atoms with Gasteiger partial charge in [0.25, 0.3) is 0 Å². The van der Waals surface area contributed by atoms with Gasteiger partial charge in [-0.2, -0.15) is 4.31 Å². The molecule has 1 spiro atoms. The van der Waals surface area contributed by atoms with Crippen molar-refractivity contribution in [1.29, 1.82) is 0 Å². The summed E-state index contributed by atoms with van der Waals surface area (Å²) in [5.74, 6) is 0.844. The van der Waals surface area contributed by atoms with E-state index >= 15 is 0 Å². The molecule has 1 saturated carbocycles. The Kier molecular flexibility index (Phi) is 3.57. The Labute approximate surface area is 158 Å². The predicted molar refractivity (Wildman–Crippen MR) is 103 cm³/mol. The molecule has 27 heavy (non-hydrogen) atoms. The minimum Gasteiger partial charge on any atom is -0.354 e. The largest absolute Gasteiger partial charge is 0.354 e. The molecule has 2 fully saturated rings. The summed E-state index contributed by atoms with van der Waals surface area (Å²) >= 11 is 0. The molecule has 7 nitrogen and oxygen atoms in total.